The molecule has 0 aromatic heterocycles. The van der Waals surface area contributed by atoms with Gasteiger partial charge in [0, 0.05) is 10.4 Å². The lowest BCUT2D eigenvalue weighted by Gasteiger charge is -2.32. The van der Waals surface area contributed by atoms with Crippen molar-refractivity contribution >= 4 is 37.8 Å². The molecule has 0 aliphatic carbocycles. The van der Waals surface area contributed by atoms with Gasteiger partial charge in [-0.05, 0) is 11.6 Å². The highest BCUT2D eigenvalue weighted by molar-refractivity contribution is 9.10. The summed E-state index contributed by atoms with van der Waals surface area (Å²) in [4.78, 5) is 0. The lowest BCUT2D eigenvalue weighted by molar-refractivity contribution is 0.574. The van der Waals surface area contributed by atoms with Crippen molar-refractivity contribution in [3.63, 3.8) is 0 Å². The van der Waals surface area contributed by atoms with Crippen molar-refractivity contribution in [3.8, 4) is 12.1 Å². The average molecular weight is 333 g/mol. The third-order valence-corrected chi connectivity index (χ3v) is 4.72. The molecule has 1 heterocycles. The Morgan fingerprint density at radius 3 is 2.05 bits per heavy atom. The molecule has 0 radical (unpaired) electrons. The van der Waals surface area contributed by atoms with E-state index in [9.17, 15) is 10.5 Å². The Kier molecular flexibility index (Phi) is 4.04. The van der Waals surface area contributed by atoms with Crippen LogP contribution >= 0.6 is 27.7 Å². The van der Waals surface area contributed by atoms with Crippen LogP contribution in [0.5, 0.6) is 0 Å². The first-order chi connectivity index (χ1) is 9.10. The lowest BCUT2D eigenvalue weighted by Crippen LogP contribution is -2.34. The summed E-state index contributed by atoms with van der Waals surface area (Å²) in [6.45, 7) is 0. The van der Waals surface area contributed by atoms with Crippen LogP contribution in [0.3, 0.4) is 0 Å². The Bertz CT molecular complexity index is 596. The SMILES string of the molecule is N#CC1C(=N)SC(=N)C(C#N)C1c1ccccc1Br. The van der Waals surface area contributed by atoms with Crippen LogP contribution in [-0.2, 0) is 0 Å². The molecule has 0 saturated carbocycles. The molecule has 1 fully saturated rings. The molecule has 19 heavy (non-hydrogen) atoms. The third-order valence-electron chi connectivity index (χ3n) is 3.05. The van der Waals surface area contributed by atoms with Gasteiger partial charge < -0.3 is 0 Å². The zero-order valence-electron chi connectivity index (χ0n) is 9.72. The third kappa shape index (κ3) is 2.42. The van der Waals surface area contributed by atoms with Gasteiger partial charge in [0.15, 0.2) is 0 Å². The fraction of sp³-hybridized carbons (Fsp3) is 0.231. The Balaban J connectivity index is 2.57. The van der Waals surface area contributed by atoms with Crippen LogP contribution in [0.25, 0.3) is 0 Å². The summed E-state index contributed by atoms with van der Waals surface area (Å²) in [7, 11) is 0. The van der Waals surface area contributed by atoms with E-state index in [4.69, 9.17) is 10.8 Å². The van der Waals surface area contributed by atoms with E-state index in [2.05, 4.69) is 28.1 Å². The topological polar surface area (TPSA) is 95.3 Å². The van der Waals surface area contributed by atoms with Crippen LogP contribution in [0.4, 0.5) is 0 Å². The number of thioether (sulfide) groups is 1. The maximum atomic E-state index is 9.28. The molecule has 1 aromatic rings. The highest BCUT2D eigenvalue weighted by Crippen LogP contribution is 2.44. The standard InChI is InChI=1S/C13H9BrN4S/c14-10-4-2-1-3-7(10)11-8(5-15)12(17)19-13(18)9(11)6-16/h1-4,8-9,11,17-18H. The summed E-state index contributed by atoms with van der Waals surface area (Å²) in [5.41, 5.74) is 0.801. The maximum absolute atomic E-state index is 9.28. The van der Waals surface area contributed by atoms with E-state index in [0.717, 1.165) is 21.8 Å². The Labute approximate surface area is 123 Å². The predicted molar refractivity (Wildman–Crippen MR) is 78.1 cm³/mol. The van der Waals surface area contributed by atoms with Crippen molar-refractivity contribution in [2.75, 3.05) is 0 Å². The van der Waals surface area contributed by atoms with E-state index < -0.39 is 17.8 Å². The van der Waals surface area contributed by atoms with Gasteiger partial charge in [-0.25, -0.2) is 0 Å². The van der Waals surface area contributed by atoms with Crippen molar-refractivity contribution < 1.29 is 0 Å². The molecule has 1 aromatic carbocycles. The molecule has 2 unspecified atom stereocenters. The van der Waals surface area contributed by atoms with Gasteiger partial charge in [0.2, 0.25) is 0 Å². The molecule has 1 aliphatic rings. The van der Waals surface area contributed by atoms with Crippen molar-refractivity contribution in [3.05, 3.63) is 34.3 Å². The minimum Gasteiger partial charge on any atom is -0.297 e. The molecular weight excluding hydrogens is 324 g/mol. The molecule has 2 rings (SSSR count). The Morgan fingerprint density at radius 2 is 1.58 bits per heavy atom. The molecule has 2 N–H and O–H groups in total. The smallest absolute Gasteiger partial charge is 0.103 e. The predicted octanol–water partition coefficient (Wildman–Crippen LogP) is 3.51. The quantitative estimate of drug-likeness (QED) is 0.823. The number of halogens is 1. The van der Waals surface area contributed by atoms with Gasteiger partial charge in [0.25, 0.3) is 0 Å². The molecule has 94 valence electrons. The first kappa shape index (κ1) is 13.8. The average Bonchev–Trinajstić information content (AvgIpc) is 2.38. The van der Waals surface area contributed by atoms with Crippen molar-refractivity contribution in [2.45, 2.75) is 5.92 Å². The Morgan fingerprint density at radius 1 is 1.05 bits per heavy atom. The van der Waals surface area contributed by atoms with Crippen molar-refractivity contribution in [2.24, 2.45) is 11.8 Å². The highest BCUT2D eigenvalue weighted by Gasteiger charge is 2.42. The fourth-order valence-corrected chi connectivity index (χ4v) is 3.59. The summed E-state index contributed by atoms with van der Waals surface area (Å²) in [6.07, 6.45) is 0. The van der Waals surface area contributed by atoms with E-state index in [1.54, 1.807) is 0 Å². The summed E-state index contributed by atoms with van der Waals surface area (Å²) in [5, 5.41) is 34.6. The number of hydrogen-bond acceptors (Lipinski definition) is 5. The van der Waals surface area contributed by atoms with Gasteiger partial charge in [-0.15, -0.1) is 0 Å². The van der Waals surface area contributed by atoms with Gasteiger partial charge >= 0.3 is 0 Å². The summed E-state index contributed by atoms with van der Waals surface area (Å²) in [5.74, 6) is -1.82. The first-order valence-electron chi connectivity index (χ1n) is 5.48. The van der Waals surface area contributed by atoms with Gasteiger partial charge in [-0.1, -0.05) is 45.9 Å². The molecule has 4 nitrogen and oxygen atoms in total. The molecular formula is C13H9BrN4S. The van der Waals surface area contributed by atoms with Gasteiger partial charge in [0.1, 0.15) is 11.8 Å². The minimum absolute atomic E-state index is 0.139. The number of benzene rings is 1. The van der Waals surface area contributed by atoms with Crippen LogP contribution in [0.2, 0.25) is 0 Å². The van der Waals surface area contributed by atoms with Gasteiger partial charge in [0.05, 0.1) is 22.2 Å². The van der Waals surface area contributed by atoms with E-state index >= 15 is 0 Å². The van der Waals surface area contributed by atoms with Crippen LogP contribution in [0, 0.1) is 45.3 Å². The van der Waals surface area contributed by atoms with E-state index in [1.165, 1.54) is 0 Å². The second kappa shape index (κ2) is 5.56. The second-order valence-electron chi connectivity index (χ2n) is 4.09. The zero-order valence-corrected chi connectivity index (χ0v) is 12.1. The highest BCUT2D eigenvalue weighted by atomic mass is 79.9. The van der Waals surface area contributed by atoms with Crippen LogP contribution < -0.4 is 0 Å². The van der Waals surface area contributed by atoms with Gasteiger partial charge in [-0.3, -0.25) is 10.8 Å². The Hall–Kier alpha value is -1.63. The number of nitriles is 2. The second-order valence-corrected chi connectivity index (χ2v) is 6.03. The van der Waals surface area contributed by atoms with Crippen LogP contribution in [0.1, 0.15) is 11.5 Å². The number of hydrogen-bond donors (Lipinski definition) is 2. The van der Waals surface area contributed by atoms with Crippen LogP contribution in [0.15, 0.2) is 28.7 Å². The summed E-state index contributed by atoms with van der Waals surface area (Å²) in [6, 6.07) is 11.6. The van der Waals surface area contributed by atoms with Crippen molar-refractivity contribution in [1.29, 1.82) is 21.3 Å². The number of nitrogens with zero attached hydrogens (tertiary/aromatic N) is 2. The maximum Gasteiger partial charge on any atom is 0.103 e. The number of nitrogens with one attached hydrogen (secondary N) is 2. The van der Waals surface area contributed by atoms with Gasteiger partial charge in [-0.2, -0.15) is 10.5 Å². The monoisotopic (exact) mass is 332 g/mol. The van der Waals surface area contributed by atoms with Crippen LogP contribution in [-0.4, -0.2) is 10.1 Å². The number of rotatable bonds is 1. The molecule has 2 atom stereocenters. The van der Waals surface area contributed by atoms with E-state index in [0.29, 0.717) is 0 Å². The molecule has 6 heteroatoms. The molecule has 0 bridgehead atoms. The fourth-order valence-electron chi connectivity index (χ4n) is 2.15. The largest absolute Gasteiger partial charge is 0.297 e. The molecule has 1 saturated heterocycles. The van der Waals surface area contributed by atoms with E-state index in [-0.39, 0.29) is 10.1 Å². The zero-order chi connectivity index (χ0) is 14.0. The normalized spacial score (nSPS) is 26.6. The minimum atomic E-state index is -0.678. The summed E-state index contributed by atoms with van der Waals surface area (Å²) >= 11 is 4.34. The van der Waals surface area contributed by atoms with Crippen molar-refractivity contribution in [1.82, 2.24) is 0 Å². The first-order valence-corrected chi connectivity index (χ1v) is 7.09. The summed E-state index contributed by atoms with van der Waals surface area (Å²) < 4.78 is 0.799. The molecule has 0 spiro atoms. The lowest BCUT2D eigenvalue weighted by atomic mass is 9.78. The van der Waals surface area contributed by atoms with E-state index in [1.807, 2.05) is 24.3 Å². The molecule has 0 amide bonds. The molecule has 1 aliphatic heterocycles.